The Balaban J connectivity index is 1.74. The van der Waals surface area contributed by atoms with Crippen molar-refractivity contribution in [2.45, 2.75) is 9.92 Å². The van der Waals surface area contributed by atoms with Crippen LogP contribution in [-0.4, -0.2) is 24.9 Å². The summed E-state index contributed by atoms with van der Waals surface area (Å²) in [7, 11) is 0. The van der Waals surface area contributed by atoms with Gasteiger partial charge in [0, 0.05) is 22.7 Å². The molecule has 1 N–H and O–H groups in total. The second-order valence-electron chi connectivity index (χ2n) is 5.55. The Morgan fingerprint density at radius 3 is 2.68 bits per heavy atom. The van der Waals surface area contributed by atoms with Crippen LogP contribution in [0.25, 0.3) is 10.9 Å². The van der Waals surface area contributed by atoms with Gasteiger partial charge in [0.05, 0.1) is 15.5 Å². The fourth-order valence-corrected chi connectivity index (χ4v) is 3.63. The molecule has 0 atom stereocenters. The van der Waals surface area contributed by atoms with E-state index < -0.39 is 4.92 Å². The van der Waals surface area contributed by atoms with Crippen molar-refractivity contribution >= 4 is 51.6 Å². The number of hydrogen-bond acceptors (Lipinski definition) is 8. The van der Waals surface area contributed by atoms with Gasteiger partial charge in [-0.1, -0.05) is 41.6 Å². The van der Waals surface area contributed by atoms with Gasteiger partial charge < -0.3 is 5.32 Å². The van der Waals surface area contributed by atoms with E-state index >= 15 is 0 Å². The van der Waals surface area contributed by atoms with E-state index in [0.717, 1.165) is 27.6 Å². The lowest BCUT2D eigenvalue weighted by Gasteiger charge is -2.09. The van der Waals surface area contributed by atoms with Gasteiger partial charge in [-0.05, 0) is 24.3 Å². The molecule has 0 saturated heterocycles. The molecule has 3 aromatic heterocycles. The summed E-state index contributed by atoms with van der Waals surface area (Å²) in [5.74, 6) is 0.430. The maximum absolute atomic E-state index is 11.8. The number of nitro groups is 1. The van der Waals surface area contributed by atoms with Gasteiger partial charge in [0.1, 0.15) is 12.1 Å². The van der Waals surface area contributed by atoms with E-state index in [1.807, 2.05) is 30.3 Å². The van der Waals surface area contributed by atoms with E-state index in [9.17, 15) is 10.1 Å². The molecule has 0 aliphatic heterocycles. The fourth-order valence-electron chi connectivity index (χ4n) is 2.53. The number of aromatic nitrogens is 4. The summed E-state index contributed by atoms with van der Waals surface area (Å²) < 4.78 is 0. The minimum Gasteiger partial charge on any atom is -0.319 e. The minimum absolute atomic E-state index is 0.0468. The normalized spacial score (nSPS) is 10.8. The molecule has 0 aliphatic rings. The van der Waals surface area contributed by atoms with E-state index in [0.29, 0.717) is 10.8 Å². The average molecular weight is 411 g/mol. The van der Waals surface area contributed by atoms with Crippen LogP contribution in [0.1, 0.15) is 0 Å². The molecule has 0 bridgehead atoms. The van der Waals surface area contributed by atoms with Crippen LogP contribution in [-0.2, 0) is 0 Å². The zero-order valence-corrected chi connectivity index (χ0v) is 15.7. The van der Waals surface area contributed by atoms with Gasteiger partial charge in [0.2, 0.25) is 5.82 Å². The second-order valence-corrected chi connectivity index (χ2v) is 7.02. The monoisotopic (exact) mass is 410 g/mol. The van der Waals surface area contributed by atoms with Crippen molar-refractivity contribution in [2.75, 3.05) is 5.32 Å². The molecule has 0 unspecified atom stereocenters. The number of anilines is 2. The van der Waals surface area contributed by atoms with Crippen LogP contribution in [0.15, 0.2) is 71.1 Å². The van der Waals surface area contributed by atoms with Crippen molar-refractivity contribution in [1.29, 1.82) is 0 Å². The molecular weight excluding hydrogens is 400 g/mol. The van der Waals surface area contributed by atoms with Crippen molar-refractivity contribution in [3.8, 4) is 0 Å². The number of nitrogens with zero attached hydrogens (tertiary/aromatic N) is 5. The summed E-state index contributed by atoms with van der Waals surface area (Å²) in [6, 6.07) is 12.7. The standard InChI is InChI=1S/C18H11ClN6O2S/c19-12-6-7-14(21-9-12)24-17-16(25(26)27)18(23-10-22-17)28-13-5-1-3-11-4-2-8-20-15(11)13/h1-10H,(H,21,22,23,24). The topological polar surface area (TPSA) is 107 Å². The first-order valence-corrected chi connectivity index (χ1v) is 9.21. The molecule has 8 nitrogen and oxygen atoms in total. The second kappa shape index (κ2) is 7.75. The summed E-state index contributed by atoms with van der Waals surface area (Å²) in [5, 5.41) is 16.2. The van der Waals surface area contributed by atoms with Crippen LogP contribution in [0, 0.1) is 10.1 Å². The molecule has 4 aromatic rings. The summed E-state index contributed by atoms with van der Waals surface area (Å²) in [4.78, 5) is 28.6. The highest BCUT2D eigenvalue weighted by Gasteiger charge is 2.24. The fraction of sp³-hybridized carbons (Fsp3) is 0. The van der Waals surface area contributed by atoms with Crippen LogP contribution in [0.4, 0.5) is 17.3 Å². The number of pyridine rings is 2. The molecule has 138 valence electrons. The maximum Gasteiger partial charge on any atom is 0.344 e. The van der Waals surface area contributed by atoms with Gasteiger partial charge in [0.15, 0.2) is 5.03 Å². The van der Waals surface area contributed by atoms with Gasteiger partial charge in [-0.15, -0.1) is 0 Å². The lowest BCUT2D eigenvalue weighted by Crippen LogP contribution is -2.03. The number of benzene rings is 1. The van der Waals surface area contributed by atoms with Gasteiger partial charge in [0.25, 0.3) is 0 Å². The summed E-state index contributed by atoms with van der Waals surface area (Å²) >= 11 is 6.99. The van der Waals surface area contributed by atoms with Crippen molar-refractivity contribution in [2.24, 2.45) is 0 Å². The molecule has 1 aromatic carbocycles. The molecule has 0 fully saturated rings. The smallest absolute Gasteiger partial charge is 0.319 e. The zero-order chi connectivity index (χ0) is 19.5. The lowest BCUT2D eigenvalue weighted by molar-refractivity contribution is -0.387. The number of fused-ring (bicyclic) bond motifs is 1. The van der Waals surface area contributed by atoms with E-state index in [1.54, 1.807) is 18.3 Å². The van der Waals surface area contributed by atoms with Crippen LogP contribution in [0.3, 0.4) is 0 Å². The first-order chi connectivity index (χ1) is 13.6. The van der Waals surface area contributed by atoms with Gasteiger partial charge >= 0.3 is 5.69 Å². The molecule has 0 radical (unpaired) electrons. The number of halogens is 1. The predicted octanol–water partition coefficient (Wildman–Crippen LogP) is 4.88. The highest BCUT2D eigenvalue weighted by atomic mass is 35.5. The zero-order valence-electron chi connectivity index (χ0n) is 14.1. The average Bonchev–Trinajstić information content (AvgIpc) is 2.70. The molecule has 4 rings (SSSR count). The first kappa shape index (κ1) is 18.1. The van der Waals surface area contributed by atoms with Crippen LogP contribution >= 0.6 is 23.4 Å². The molecule has 28 heavy (non-hydrogen) atoms. The number of rotatable bonds is 5. The summed E-state index contributed by atoms with van der Waals surface area (Å²) in [5.41, 5.74) is 0.508. The van der Waals surface area contributed by atoms with E-state index in [4.69, 9.17) is 11.6 Å². The van der Waals surface area contributed by atoms with Crippen LogP contribution in [0.2, 0.25) is 5.02 Å². The molecule has 0 aliphatic carbocycles. The van der Waals surface area contributed by atoms with E-state index in [2.05, 4.69) is 25.3 Å². The Labute approximate surface area is 168 Å². The van der Waals surface area contributed by atoms with E-state index in [-0.39, 0.29) is 16.5 Å². The highest BCUT2D eigenvalue weighted by Crippen LogP contribution is 2.39. The Morgan fingerprint density at radius 1 is 1.04 bits per heavy atom. The molecule has 0 saturated carbocycles. The largest absolute Gasteiger partial charge is 0.344 e. The molecule has 3 heterocycles. The number of para-hydroxylation sites is 1. The molecular formula is C18H11ClN6O2S. The maximum atomic E-state index is 11.8. The minimum atomic E-state index is -0.515. The van der Waals surface area contributed by atoms with Crippen molar-refractivity contribution in [3.63, 3.8) is 0 Å². The van der Waals surface area contributed by atoms with E-state index in [1.165, 1.54) is 12.5 Å². The van der Waals surface area contributed by atoms with Crippen molar-refractivity contribution in [3.05, 3.63) is 76.3 Å². The SMILES string of the molecule is O=[N+]([O-])c1c(Nc2ccc(Cl)cn2)ncnc1Sc1cccc2cccnc12. The number of hydrogen-bond donors (Lipinski definition) is 1. The van der Waals surface area contributed by atoms with Crippen molar-refractivity contribution in [1.82, 2.24) is 19.9 Å². The predicted molar refractivity (Wildman–Crippen MR) is 107 cm³/mol. The third kappa shape index (κ3) is 3.71. The quantitative estimate of drug-likeness (QED) is 0.282. The summed E-state index contributed by atoms with van der Waals surface area (Å²) in [6.45, 7) is 0. The molecule has 0 amide bonds. The summed E-state index contributed by atoms with van der Waals surface area (Å²) in [6.07, 6.45) is 4.39. The Hall–Kier alpha value is -3.30. The number of nitrogens with one attached hydrogen (secondary N) is 1. The Bertz CT molecular complexity index is 1170. The molecule has 0 spiro atoms. The molecule has 10 heteroatoms. The van der Waals surface area contributed by atoms with Crippen molar-refractivity contribution < 1.29 is 4.92 Å². The van der Waals surface area contributed by atoms with Crippen LogP contribution < -0.4 is 5.32 Å². The van der Waals surface area contributed by atoms with Gasteiger partial charge in [-0.2, -0.15) is 0 Å². The third-order valence-electron chi connectivity index (χ3n) is 3.75. The highest BCUT2D eigenvalue weighted by molar-refractivity contribution is 7.99. The van der Waals surface area contributed by atoms with Crippen LogP contribution in [0.5, 0.6) is 0 Å². The first-order valence-electron chi connectivity index (χ1n) is 8.01. The van der Waals surface area contributed by atoms with Gasteiger partial charge in [-0.25, -0.2) is 15.0 Å². The Kier molecular flexibility index (Phi) is 5.00. The lowest BCUT2D eigenvalue weighted by atomic mass is 10.2. The Morgan fingerprint density at radius 2 is 1.89 bits per heavy atom. The van der Waals surface area contributed by atoms with Gasteiger partial charge in [-0.3, -0.25) is 15.1 Å². The third-order valence-corrected chi connectivity index (χ3v) is 5.01.